The van der Waals surface area contributed by atoms with Gasteiger partial charge in [0.05, 0.1) is 4.47 Å². The van der Waals surface area contributed by atoms with E-state index in [9.17, 15) is 4.79 Å². The van der Waals surface area contributed by atoms with Gasteiger partial charge in [-0.2, -0.15) is 0 Å². The molecule has 1 amide bonds. The molecule has 0 bridgehead atoms. The molecule has 6 nitrogen and oxygen atoms in total. The van der Waals surface area contributed by atoms with Crippen LogP contribution in [0.1, 0.15) is 5.56 Å². The summed E-state index contributed by atoms with van der Waals surface area (Å²) in [6.07, 6.45) is 1.27. The lowest BCUT2D eigenvalue weighted by Crippen LogP contribution is -2.49. The number of aromatic amines is 1. The zero-order chi connectivity index (χ0) is 15.4. The second-order valence-corrected chi connectivity index (χ2v) is 6.01. The van der Waals surface area contributed by atoms with Crippen LogP contribution in [-0.4, -0.2) is 52.3 Å². The number of benzene rings is 1. The van der Waals surface area contributed by atoms with Crippen LogP contribution in [0.15, 0.2) is 41.0 Å². The van der Waals surface area contributed by atoms with E-state index in [0.717, 1.165) is 19.6 Å². The largest absolute Gasteiger partial charge is 0.416 e. The quantitative estimate of drug-likeness (QED) is 0.908. The molecule has 116 valence electrons. The van der Waals surface area contributed by atoms with E-state index in [1.54, 1.807) is 11.1 Å². The third kappa shape index (κ3) is 3.66. The number of halogens is 1. The molecular formula is C15H17BrN4O2. The van der Waals surface area contributed by atoms with Crippen LogP contribution in [0, 0.1) is 0 Å². The molecule has 1 N–H and O–H groups in total. The lowest BCUT2D eigenvalue weighted by molar-refractivity contribution is 0.106. The summed E-state index contributed by atoms with van der Waals surface area (Å²) in [5.41, 5.74) is 1.29. The number of H-pyrrole nitrogens is 1. The summed E-state index contributed by atoms with van der Waals surface area (Å²) >= 11 is 3.27. The molecule has 1 aromatic heterocycles. The second kappa shape index (κ2) is 6.93. The fraction of sp³-hybridized carbons (Fsp3) is 0.333. The van der Waals surface area contributed by atoms with Crippen molar-refractivity contribution in [3.8, 4) is 5.88 Å². The van der Waals surface area contributed by atoms with Gasteiger partial charge in [0.1, 0.15) is 0 Å². The van der Waals surface area contributed by atoms with E-state index in [-0.39, 0.29) is 12.0 Å². The van der Waals surface area contributed by atoms with Crippen molar-refractivity contribution in [3.05, 3.63) is 46.6 Å². The van der Waals surface area contributed by atoms with Gasteiger partial charge in [-0.1, -0.05) is 30.3 Å². The maximum Gasteiger partial charge on any atom is 0.416 e. The molecule has 1 aliphatic heterocycles. The first-order valence-electron chi connectivity index (χ1n) is 7.14. The third-order valence-corrected chi connectivity index (χ3v) is 4.19. The number of hydrogen-bond donors (Lipinski definition) is 1. The number of piperazine rings is 1. The van der Waals surface area contributed by atoms with Crippen molar-refractivity contribution in [1.29, 1.82) is 0 Å². The van der Waals surface area contributed by atoms with E-state index in [4.69, 9.17) is 4.74 Å². The lowest BCUT2D eigenvalue weighted by atomic mass is 10.2. The minimum Gasteiger partial charge on any atom is -0.388 e. The maximum absolute atomic E-state index is 12.1. The molecule has 0 saturated carbocycles. The van der Waals surface area contributed by atoms with Crippen molar-refractivity contribution in [2.75, 3.05) is 26.2 Å². The summed E-state index contributed by atoms with van der Waals surface area (Å²) in [5.74, 6) is 0.275. The Morgan fingerprint density at radius 2 is 1.95 bits per heavy atom. The molecule has 7 heteroatoms. The van der Waals surface area contributed by atoms with Gasteiger partial charge in [-0.25, -0.2) is 4.79 Å². The first kappa shape index (κ1) is 15.1. The highest BCUT2D eigenvalue weighted by Crippen LogP contribution is 2.21. The number of amides is 1. The zero-order valence-corrected chi connectivity index (χ0v) is 13.6. The molecule has 1 aliphatic rings. The van der Waals surface area contributed by atoms with Gasteiger partial charge < -0.3 is 9.64 Å². The van der Waals surface area contributed by atoms with Gasteiger partial charge in [0, 0.05) is 38.9 Å². The average molecular weight is 365 g/mol. The summed E-state index contributed by atoms with van der Waals surface area (Å²) in [4.78, 5) is 16.1. The van der Waals surface area contributed by atoms with Crippen molar-refractivity contribution >= 4 is 22.0 Å². The van der Waals surface area contributed by atoms with Gasteiger partial charge >= 0.3 is 6.09 Å². The van der Waals surface area contributed by atoms with Crippen LogP contribution in [0.4, 0.5) is 4.79 Å². The number of nitrogens with one attached hydrogen (secondary N) is 1. The Kier molecular flexibility index (Phi) is 4.74. The van der Waals surface area contributed by atoms with Gasteiger partial charge in [-0.05, 0) is 21.5 Å². The Morgan fingerprint density at radius 3 is 2.59 bits per heavy atom. The van der Waals surface area contributed by atoms with Gasteiger partial charge in [-0.3, -0.25) is 10.00 Å². The van der Waals surface area contributed by atoms with Crippen LogP contribution in [0.25, 0.3) is 0 Å². The summed E-state index contributed by atoms with van der Waals surface area (Å²) in [5, 5.41) is 6.51. The maximum atomic E-state index is 12.1. The predicted molar refractivity (Wildman–Crippen MR) is 85.6 cm³/mol. The smallest absolute Gasteiger partial charge is 0.388 e. The Balaban J connectivity index is 1.49. The molecule has 0 aliphatic carbocycles. The van der Waals surface area contributed by atoms with E-state index >= 15 is 0 Å². The fourth-order valence-electron chi connectivity index (χ4n) is 2.41. The molecule has 0 spiro atoms. The third-order valence-electron chi connectivity index (χ3n) is 3.63. The van der Waals surface area contributed by atoms with Crippen LogP contribution < -0.4 is 4.74 Å². The first-order valence-corrected chi connectivity index (χ1v) is 7.94. The molecule has 1 fully saturated rings. The number of aromatic nitrogens is 2. The van der Waals surface area contributed by atoms with Gasteiger partial charge in [0.25, 0.3) is 5.88 Å². The number of ether oxygens (including phenoxy) is 1. The van der Waals surface area contributed by atoms with Crippen LogP contribution in [0.2, 0.25) is 0 Å². The second-order valence-electron chi connectivity index (χ2n) is 5.16. The molecule has 0 atom stereocenters. The minimum absolute atomic E-state index is 0.275. The van der Waals surface area contributed by atoms with Gasteiger partial charge in [0.2, 0.25) is 0 Å². The minimum atomic E-state index is -0.354. The fourth-order valence-corrected chi connectivity index (χ4v) is 2.68. The van der Waals surface area contributed by atoms with E-state index in [0.29, 0.717) is 17.6 Å². The van der Waals surface area contributed by atoms with Gasteiger partial charge in [0.15, 0.2) is 0 Å². The number of hydrogen-bond acceptors (Lipinski definition) is 4. The molecular weight excluding hydrogens is 348 g/mol. The molecule has 3 rings (SSSR count). The Labute approximate surface area is 137 Å². The first-order chi connectivity index (χ1) is 10.7. The van der Waals surface area contributed by atoms with E-state index < -0.39 is 0 Å². The average Bonchev–Trinajstić information content (AvgIpc) is 2.94. The molecule has 2 heterocycles. The van der Waals surface area contributed by atoms with Crippen LogP contribution in [0.5, 0.6) is 5.88 Å². The summed E-state index contributed by atoms with van der Waals surface area (Å²) < 4.78 is 5.90. The topological polar surface area (TPSA) is 61.5 Å². The van der Waals surface area contributed by atoms with Crippen LogP contribution in [0.3, 0.4) is 0 Å². The lowest BCUT2D eigenvalue weighted by Gasteiger charge is -2.33. The molecule has 2 aromatic rings. The van der Waals surface area contributed by atoms with Crippen molar-refractivity contribution in [2.24, 2.45) is 0 Å². The monoisotopic (exact) mass is 364 g/mol. The Hall–Kier alpha value is -1.86. The number of nitrogens with zero attached hydrogens (tertiary/aromatic N) is 3. The SMILES string of the molecule is O=C(Oc1n[nH]cc1Br)N1CCN(Cc2ccccc2)CC1. The molecule has 0 unspecified atom stereocenters. The molecule has 22 heavy (non-hydrogen) atoms. The van der Waals surface area contributed by atoms with Crippen LogP contribution >= 0.6 is 15.9 Å². The predicted octanol–water partition coefficient (Wildman–Crippen LogP) is 2.49. The van der Waals surface area contributed by atoms with Crippen molar-refractivity contribution < 1.29 is 9.53 Å². The highest BCUT2D eigenvalue weighted by Gasteiger charge is 2.23. The van der Waals surface area contributed by atoms with Crippen molar-refractivity contribution in [3.63, 3.8) is 0 Å². The van der Waals surface area contributed by atoms with E-state index in [1.807, 2.05) is 18.2 Å². The molecule has 0 radical (unpaired) electrons. The number of carbonyl (C=O) groups excluding carboxylic acids is 1. The van der Waals surface area contributed by atoms with Crippen molar-refractivity contribution in [1.82, 2.24) is 20.0 Å². The Bertz CT molecular complexity index is 623. The highest BCUT2D eigenvalue weighted by molar-refractivity contribution is 9.10. The summed E-state index contributed by atoms with van der Waals surface area (Å²) in [6, 6.07) is 10.4. The highest BCUT2D eigenvalue weighted by atomic mass is 79.9. The molecule has 1 saturated heterocycles. The number of rotatable bonds is 3. The summed E-state index contributed by atoms with van der Waals surface area (Å²) in [6.45, 7) is 3.91. The van der Waals surface area contributed by atoms with Crippen LogP contribution in [-0.2, 0) is 6.54 Å². The van der Waals surface area contributed by atoms with E-state index in [2.05, 4.69) is 43.2 Å². The van der Waals surface area contributed by atoms with Gasteiger partial charge in [-0.15, -0.1) is 5.10 Å². The number of carbonyl (C=O) groups is 1. The van der Waals surface area contributed by atoms with Crippen molar-refractivity contribution in [2.45, 2.75) is 6.54 Å². The van der Waals surface area contributed by atoms with E-state index in [1.165, 1.54) is 5.56 Å². The standard InChI is InChI=1S/C15H17BrN4O2/c16-13-10-17-18-14(13)22-15(21)20-8-6-19(7-9-20)11-12-4-2-1-3-5-12/h1-5,10H,6-9,11H2,(H,17,18). The normalized spacial score (nSPS) is 15.8. The molecule has 1 aromatic carbocycles. The summed E-state index contributed by atoms with van der Waals surface area (Å²) in [7, 11) is 0. The Morgan fingerprint density at radius 1 is 1.23 bits per heavy atom. The zero-order valence-electron chi connectivity index (χ0n) is 12.0.